The Morgan fingerprint density at radius 3 is 2.47 bits per heavy atom. The first-order chi connectivity index (χ1) is 8.18. The third-order valence-electron chi connectivity index (χ3n) is 2.23. The molecule has 2 aromatic rings. The Kier molecular flexibility index (Phi) is 3.54. The van der Waals surface area contributed by atoms with Crippen molar-refractivity contribution in [1.29, 1.82) is 0 Å². The van der Waals surface area contributed by atoms with Crippen molar-refractivity contribution in [2.45, 2.75) is 0 Å². The smallest absolute Gasteiger partial charge is 0.258 e. The van der Waals surface area contributed by atoms with E-state index in [1.54, 1.807) is 36.4 Å². The lowest BCUT2D eigenvalue weighted by atomic mass is 10.2. The van der Waals surface area contributed by atoms with Crippen LogP contribution in [0.5, 0.6) is 0 Å². The maximum atomic E-state index is 13.6. The second-order valence-electron chi connectivity index (χ2n) is 3.42. The Bertz CT molecular complexity index is 542. The lowest BCUT2D eigenvalue weighted by Gasteiger charge is -2.06. The molecule has 0 saturated carbocycles. The van der Waals surface area contributed by atoms with E-state index < -0.39 is 11.7 Å². The van der Waals surface area contributed by atoms with Crippen molar-refractivity contribution < 1.29 is 9.18 Å². The summed E-state index contributed by atoms with van der Waals surface area (Å²) in [6.45, 7) is 0. The third-order valence-corrected chi connectivity index (χ3v) is 2.84. The fourth-order valence-corrected chi connectivity index (χ4v) is 1.77. The van der Waals surface area contributed by atoms with Crippen LogP contribution in [-0.2, 0) is 0 Å². The Hall–Kier alpha value is -1.68. The van der Waals surface area contributed by atoms with Gasteiger partial charge >= 0.3 is 0 Å². The molecule has 0 unspecified atom stereocenters. The molecule has 0 aliphatic carbocycles. The van der Waals surface area contributed by atoms with Crippen molar-refractivity contribution in [2.24, 2.45) is 0 Å². The molecule has 0 heterocycles. The normalized spacial score (nSPS) is 10.0. The summed E-state index contributed by atoms with van der Waals surface area (Å²) in [5.74, 6) is -1.02. The summed E-state index contributed by atoms with van der Waals surface area (Å²) < 4.78 is 13.9. The predicted molar refractivity (Wildman–Crippen MR) is 68.5 cm³/mol. The van der Waals surface area contributed by atoms with Crippen LogP contribution >= 0.6 is 15.9 Å². The molecular formula is C13H9BrFNO. The van der Waals surface area contributed by atoms with Crippen LogP contribution in [-0.4, -0.2) is 5.91 Å². The Labute approximate surface area is 107 Å². The van der Waals surface area contributed by atoms with E-state index in [9.17, 15) is 9.18 Å². The van der Waals surface area contributed by atoms with Crippen LogP contribution in [0.4, 0.5) is 10.1 Å². The summed E-state index contributed by atoms with van der Waals surface area (Å²) in [7, 11) is 0. The number of nitrogens with one attached hydrogen (secondary N) is 1. The van der Waals surface area contributed by atoms with Gasteiger partial charge in [-0.3, -0.25) is 4.79 Å². The molecule has 4 heteroatoms. The zero-order valence-corrected chi connectivity index (χ0v) is 10.4. The minimum absolute atomic E-state index is 0.0169. The minimum atomic E-state index is -0.555. The van der Waals surface area contributed by atoms with E-state index in [-0.39, 0.29) is 10.0 Å². The SMILES string of the molecule is O=C(Nc1ccccc1)c1cccc(Br)c1F. The van der Waals surface area contributed by atoms with Crippen LogP contribution in [0, 0.1) is 5.82 Å². The highest BCUT2D eigenvalue weighted by Crippen LogP contribution is 2.19. The maximum Gasteiger partial charge on any atom is 0.258 e. The van der Waals surface area contributed by atoms with Crippen LogP contribution in [0.15, 0.2) is 53.0 Å². The van der Waals surface area contributed by atoms with E-state index in [0.717, 1.165) is 0 Å². The fourth-order valence-electron chi connectivity index (χ4n) is 1.40. The maximum absolute atomic E-state index is 13.6. The van der Waals surface area contributed by atoms with Crippen molar-refractivity contribution in [1.82, 2.24) is 0 Å². The number of rotatable bonds is 2. The summed E-state index contributed by atoms with van der Waals surface area (Å²) in [6, 6.07) is 13.5. The number of benzene rings is 2. The van der Waals surface area contributed by atoms with E-state index in [0.29, 0.717) is 5.69 Å². The largest absolute Gasteiger partial charge is 0.322 e. The predicted octanol–water partition coefficient (Wildman–Crippen LogP) is 3.84. The van der Waals surface area contributed by atoms with Gasteiger partial charge in [0.15, 0.2) is 0 Å². The van der Waals surface area contributed by atoms with Gasteiger partial charge in [0, 0.05) is 5.69 Å². The number of carbonyl (C=O) groups excluding carboxylic acids is 1. The molecule has 0 saturated heterocycles. The molecule has 0 aliphatic rings. The first kappa shape index (κ1) is 11.8. The molecule has 86 valence electrons. The van der Waals surface area contributed by atoms with Gasteiger partial charge < -0.3 is 5.32 Å². The monoisotopic (exact) mass is 293 g/mol. The lowest BCUT2D eigenvalue weighted by molar-refractivity contribution is 0.102. The molecule has 2 rings (SSSR count). The van der Waals surface area contributed by atoms with E-state index in [2.05, 4.69) is 21.2 Å². The topological polar surface area (TPSA) is 29.1 Å². The lowest BCUT2D eigenvalue weighted by Crippen LogP contribution is -2.13. The van der Waals surface area contributed by atoms with Crippen LogP contribution in [0.3, 0.4) is 0 Å². The van der Waals surface area contributed by atoms with Gasteiger partial charge in [-0.15, -0.1) is 0 Å². The van der Waals surface area contributed by atoms with Gasteiger partial charge in [0.25, 0.3) is 5.91 Å². The Morgan fingerprint density at radius 1 is 1.06 bits per heavy atom. The summed E-state index contributed by atoms with van der Waals surface area (Å²) in [6.07, 6.45) is 0. The van der Waals surface area contributed by atoms with Gasteiger partial charge in [-0.1, -0.05) is 24.3 Å². The number of anilines is 1. The molecule has 17 heavy (non-hydrogen) atoms. The van der Waals surface area contributed by atoms with E-state index in [4.69, 9.17) is 0 Å². The number of hydrogen-bond acceptors (Lipinski definition) is 1. The summed E-state index contributed by atoms with van der Waals surface area (Å²) in [5, 5.41) is 2.63. The van der Waals surface area contributed by atoms with E-state index in [1.807, 2.05) is 6.07 Å². The number of halogens is 2. The molecule has 0 radical (unpaired) electrons. The second kappa shape index (κ2) is 5.10. The molecule has 0 fully saturated rings. The van der Waals surface area contributed by atoms with Crippen LogP contribution in [0.2, 0.25) is 0 Å². The van der Waals surface area contributed by atoms with Gasteiger partial charge in [-0.25, -0.2) is 4.39 Å². The van der Waals surface area contributed by atoms with Gasteiger partial charge in [0.2, 0.25) is 0 Å². The molecule has 1 amide bonds. The zero-order chi connectivity index (χ0) is 12.3. The van der Waals surface area contributed by atoms with Crippen LogP contribution in [0.1, 0.15) is 10.4 Å². The molecule has 0 atom stereocenters. The second-order valence-corrected chi connectivity index (χ2v) is 4.28. The van der Waals surface area contributed by atoms with Crippen molar-refractivity contribution in [3.8, 4) is 0 Å². The van der Waals surface area contributed by atoms with Crippen molar-refractivity contribution >= 4 is 27.5 Å². The number of para-hydroxylation sites is 1. The first-order valence-corrected chi connectivity index (χ1v) is 5.78. The summed E-state index contributed by atoms with van der Waals surface area (Å²) in [5.41, 5.74) is 0.653. The molecule has 0 bridgehead atoms. The van der Waals surface area contributed by atoms with Crippen LogP contribution < -0.4 is 5.32 Å². The highest BCUT2D eigenvalue weighted by molar-refractivity contribution is 9.10. The van der Waals surface area contributed by atoms with E-state index >= 15 is 0 Å². The quantitative estimate of drug-likeness (QED) is 0.895. The molecule has 2 nitrogen and oxygen atoms in total. The molecule has 0 spiro atoms. The van der Waals surface area contributed by atoms with Gasteiger partial charge in [0.05, 0.1) is 10.0 Å². The number of carbonyl (C=O) groups is 1. The van der Waals surface area contributed by atoms with E-state index in [1.165, 1.54) is 6.07 Å². The number of amides is 1. The highest BCUT2D eigenvalue weighted by Gasteiger charge is 2.13. The Balaban J connectivity index is 2.24. The molecule has 1 N–H and O–H groups in total. The average molecular weight is 294 g/mol. The molecular weight excluding hydrogens is 285 g/mol. The van der Waals surface area contributed by atoms with Gasteiger partial charge in [0.1, 0.15) is 5.82 Å². The van der Waals surface area contributed by atoms with Crippen LogP contribution in [0.25, 0.3) is 0 Å². The summed E-state index contributed by atoms with van der Waals surface area (Å²) >= 11 is 3.04. The molecule has 2 aromatic carbocycles. The first-order valence-electron chi connectivity index (χ1n) is 4.99. The molecule has 0 aliphatic heterocycles. The van der Waals surface area contributed by atoms with Gasteiger partial charge in [-0.2, -0.15) is 0 Å². The van der Waals surface area contributed by atoms with Crippen molar-refractivity contribution in [2.75, 3.05) is 5.32 Å². The number of hydrogen-bond donors (Lipinski definition) is 1. The molecule has 0 aromatic heterocycles. The Morgan fingerprint density at radius 2 is 1.76 bits per heavy atom. The average Bonchev–Trinajstić information content (AvgIpc) is 2.34. The zero-order valence-electron chi connectivity index (χ0n) is 8.78. The minimum Gasteiger partial charge on any atom is -0.322 e. The van der Waals surface area contributed by atoms with Crippen molar-refractivity contribution in [3.05, 3.63) is 64.4 Å². The highest BCUT2D eigenvalue weighted by atomic mass is 79.9. The summed E-state index contributed by atoms with van der Waals surface area (Å²) in [4.78, 5) is 11.8. The third kappa shape index (κ3) is 2.71. The standard InChI is InChI=1S/C13H9BrFNO/c14-11-8-4-7-10(12(11)15)13(17)16-9-5-2-1-3-6-9/h1-8H,(H,16,17). The van der Waals surface area contributed by atoms with Gasteiger partial charge in [-0.05, 0) is 40.2 Å². The van der Waals surface area contributed by atoms with Crippen molar-refractivity contribution in [3.63, 3.8) is 0 Å². The fraction of sp³-hybridized carbons (Fsp3) is 0.